The molecule has 0 aliphatic carbocycles. The van der Waals surface area contributed by atoms with Gasteiger partial charge >= 0.3 is 0 Å². The number of amides is 3. The highest BCUT2D eigenvalue weighted by Crippen LogP contribution is 2.30. The number of para-hydroxylation sites is 1. The third-order valence-electron chi connectivity index (χ3n) is 6.87. The van der Waals surface area contributed by atoms with Crippen LogP contribution < -0.4 is 15.5 Å². The van der Waals surface area contributed by atoms with E-state index in [-0.39, 0.29) is 35.8 Å². The Morgan fingerprint density at radius 2 is 1.84 bits per heavy atom. The van der Waals surface area contributed by atoms with E-state index in [9.17, 15) is 14.4 Å². The van der Waals surface area contributed by atoms with Gasteiger partial charge in [-0.1, -0.05) is 36.4 Å². The molecular formula is C25H28N4O3. The molecular weight excluding hydrogens is 404 g/mol. The van der Waals surface area contributed by atoms with Crippen LogP contribution in [0.4, 0.5) is 5.69 Å². The Kier molecular flexibility index (Phi) is 5.66. The van der Waals surface area contributed by atoms with Gasteiger partial charge in [0, 0.05) is 49.4 Å². The fourth-order valence-electron chi connectivity index (χ4n) is 5.23. The highest BCUT2D eigenvalue weighted by Gasteiger charge is 2.44. The molecule has 7 nitrogen and oxygen atoms in total. The molecule has 3 aliphatic rings. The summed E-state index contributed by atoms with van der Waals surface area (Å²) in [6, 6.07) is 17.0. The Bertz CT molecular complexity index is 1020. The second-order valence-electron chi connectivity index (χ2n) is 8.85. The first kappa shape index (κ1) is 20.7. The second-order valence-corrected chi connectivity index (χ2v) is 8.85. The number of nitrogens with one attached hydrogen (secondary N) is 2. The number of hydrogen-bond acceptors (Lipinski definition) is 4. The van der Waals surface area contributed by atoms with Crippen molar-refractivity contribution in [1.29, 1.82) is 0 Å². The predicted molar refractivity (Wildman–Crippen MR) is 121 cm³/mol. The molecule has 0 aromatic heterocycles. The maximum absolute atomic E-state index is 12.9. The average Bonchev–Trinajstić information content (AvgIpc) is 3.44. The fourth-order valence-corrected chi connectivity index (χ4v) is 5.23. The number of benzene rings is 2. The number of anilines is 1. The van der Waals surface area contributed by atoms with Gasteiger partial charge < -0.3 is 15.5 Å². The lowest BCUT2D eigenvalue weighted by atomic mass is 10.0. The summed E-state index contributed by atoms with van der Waals surface area (Å²) >= 11 is 0. The molecule has 32 heavy (non-hydrogen) atoms. The van der Waals surface area contributed by atoms with E-state index in [0.29, 0.717) is 37.9 Å². The number of carbonyl (C=O) groups excluding carboxylic acids is 3. The largest absolute Gasteiger partial charge is 0.353 e. The van der Waals surface area contributed by atoms with Gasteiger partial charge in [0.1, 0.15) is 0 Å². The fraction of sp³-hybridized carbons (Fsp3) is 0.400. The Hall–Kier alpha value is -3.19. The zero-order chi connectivity index (χ0) is 22.1. The van der Waals surface area contributed by atoms with Crippen molar-refractivity contribution in [2.45, 2.75) is 43.8 Å². The number of carbonyl (C=O) groups is 3. The Labute approximate surface area is 187 Å². The first-order valence-electron chi connectivity index (χ1n) is 11.4. The van der Waals surface area contributed by atoms with Gasteiger partial charge in [-0.15, -0.1) is 0 Å². The second kappa shape index (κ2) is 8.74. The maximum Gasteiger partial charge on any atom is 0.251 e. The van der Waals surface area contributed by atoms with Crippen LogP contribution in [0.25, 0.3) is 0 Å². The lowest BCUT2D eigenvalue weighted by Crippen LogP contribution is -2.58. The van der Waals surface area contributed by atoms with Crippen LogP contribution in [-0.2, 0) is 16.0 Å². The van der Waals surface area contributed by atoms with Gasteiger partial charge in [-0.05, 0) is 43.0 Å². The number of piperazine rings is 1. The molecule has 3 amide bonds. The summed E-state index contributed by atoms with van der Waals surface area (Å²) in [5.74, 6) is 0.0318. The summed E-state index contributed by atoms with van der Waals surface area (Å²) in [7, 11) is 0. The molecule has 2 saturated heterocycles. The van der Waals surface area contributed by atoms with Crippen LogP contribution in [-0.4, -0.2) is 60.4 Å². The molecule has 7 heteroatoms. The Balaban J connectivity index is 1.20. The third-order valence-corrected chi connectivity index (χ3v) is 6.87. The van der Waals surface area contributed by atoms with Crippen molar-refractivity contribution < 1.29 is 14.4 Å². The summed E-state index contributed by atoms with van der Waals surface area (Å²) in [4.78, 5) is 42.0. The summed E-state index contributed by atoms with van der Waals surface area (Å²) < 4.78 is 0. The normalized spacial score (nSPS) is 24.6. The molecule has 3 atom stereocenters. The van der Waals surface area contributed by atoms with E-state index in [2.05, 4.69) is 21.6 Å². The summed E-state index contributed by atoms with van der Waals surface area (Å²) in [6.45, 7) is 1.90. The van der Waals surface area contributed by atoms with Crippen molar-refractivity contribution in [3.8, 4) is 0 Å². The van der Waals surface area contributed by atoms with Gasteiger partial charge in [-0.2, -0.15) is 0 Å². The van der Waals surface area contributed by atoms with Crippen LogP contribution >= 0.6 is 0 Å². The van der Waals surface area contributed by atoms with Gasteiger partial charge in [-0.25, -0.2) is 0 Å². The van der Waals surface area contributed by atoms with Crippen molar-refractivity contribution in [1.82, 2.24) is 15.5 Å². The molecule has 0 spiro atoms. The molecule has 2 aromatic rings. The average molecular weight is 433 g/mol. The van der Waals surface area contributed by atoms with Gasteiger partial charge in [0.05, 0.1) is 6.04 Å². The predicted octanol–water partition coefficient (Wildman–Crippen LogP) is 1.73. The highest BCUT2D eigenvalue weighted by molar-refractivity contribution is 5.95. The molecule has 166 valence electrons. The zero-order valence-corrected chi connectivity index (χ0v) is 18.0. The standard InChI is InChI=1S/C25H28N4O3/c30-23(28-13-12-17-6-4-5-9-21(17)28)11-10-20-15-26-25(32)22-14-19(16-29(20)22)27-24(31)18-7-2-1-3-8-18/h1-9,19-20,22H,10-16H2,(H,26,32)(H,27,31)/t19-,20-,22+/m1/s1. The lowest BCUT2D eigenvalue weighted by molar-refractivity contribution is -0.129. The van der Waals surface area contributed by atoms with Crippen LogP contribution in [0.3, 0.4) is 0 Å². The van der Waals surface area contributed by atoms with E-state index in [1.54, 1.807) is 12.1 Å². The van der Waals surface area contributed by atoms with E-state index >= 15 is 0 Å². The van der Waals surface area contributed by atoms with Crippen molar-refractivity contribution in [3.63, 3.8) is 0 Å². The molecule has 3 aliphatic heterocycles. The van der Waals surface area contributed by atoms with Gasteiger partial charge in [0.15, 0.2) is 0 Å². The summed E-state index contributed by atoms with van der Waals surface area (Å²) in [5.41, 5.74) is 2.87. The molecule has 2 fully saturated rings. The topological polar surface area (TPSA) is 81.8 Å². The van der Waals surface area contributed by atoms with Crippen LogP contribution in [0.1, 0.15) is 35.2 Å². The minimum absolute atomic E-state index is 0.0116. The first-order valence-corrected chi connectivity index (χ1v) is 11.4. The van der Waals surface area contributed by atoms with Gasteiger partial charge in [-0.3, -0.25) is 19.3 Å². The Morgan fingerprint density at radius 1 is 1.06 bits per heavy atom. The SMILES string of the molecule is O=C(N[C@@H]1C[C@H]2C(=O)NC[C@@H](CCC(=O)N3CCc4ccccc43)N2C1)c1ccccc1. The van der Waals surface area contributed by atoms with Gasteiger partial charge in [0.25, 0.3) is 5.91 Å². The summed E-state index contributed by atoms with van der Waals surface area (Å²) in [6.07, 6.45) is 2.62. The van der Waals surface area contributed by atoms with Crippen molar-refractivity contribution in [3.05, 3.63) is 65.7 Å². The lowest BCUT2D eigenvalue weighted by Gasteiger charge is -2.37. The van der Waals surface area contributed by atoms with E-state index in [1.807, 2.05) is 41.3 Å². The Morgan fingerprint density at radius 3 is 2.69 bits per heavy atom. The highest BCUT2D eigenvalue weighted by atomic mass is 16.2. The van der Waals surface area contributed by atoms with E-state index in [0.717, 1.165) is 18.7 Å². The quantitative estimate of drug-likeness (QED) is 0.754. The number of fused-ring (bicyclic) bond motifs is 2. The molecule has 2 N–H and O–H groups in total. The van der Waals surface area contributed by atoms with E-state index in [1.165, 1.54) is 5.56 Å². The molecule has 0 saturated carbocycles. The molecule has 5 rings (SSSR count). The monoisotopic (exact) mass is 432 g/mol. The van der Waals surface area contributed by atoms with Gasteiger partial charge in [0.2, 0.25) is 11.8 Å². The smallest absolute Gasteiger partial charge is 0.251 e. The number of hydrogen-bond donors (Lipinski definition) is 2. The van der Waals surface area contributed by atoms with Crippen LogP contribution in [0.15, 0.2) is 54.6 Å². The number of rotatable bonds is 5. The van der Waals surface area contributed by atoms with Crippen LogP contribution in [0, 0.1) is 0 Å². The van der Waals surface area contributed by atoms with Crippen molar-refractivity contribution >= 4 is 23.4 Å². The molecule has 0 radical (unpaired) electrons. The molecule has 0 unspecified atom stereocenters. The molecule has 3 heterocycles. The molecule has 0 bridgehead atoms. The minimum atomic E-state index is -0.252. The maximum atomic E-state index is 12.9. The summed E-state index contributed by atoms with van der Waals surface area (Å²) in [5, 5.41) is 6.08. The van der Waals surface area contributed by atoms with E-state index < -0.39 is 0 Å². The number of nitrogens with zero attached hydrogens (tertiary/aromatic N) is 2. The van der Waals surface area contributed by atoms with E-state index in [4.69, 9.17) is 0 Å². The zero-order valence-electron chi connectivity index (χ0n) is 18.0. The van der Waals surface area contributed by atoms with Crippen LogP contribution in [0.5, 0.6) is 0 Å². The first-order chi connectivity index (χ1) is 15.6. The van der Waals surface area contributed by atoms with Crippen molar-refractivity contribution in [2.24, 2.45) is 0 Å². The molecule has 2 aromatic carbocycles. The van der Waals surface area contributed by atoms with Crippen molar-refractivity contribution in [2.75, 3.05) is 24.5 Å². The minimum Gasteiger partial charge on any atom is -0.353 e. The third kappa shape index (κ3) is 4.00. The van der Waals surface area contributed by atoms with Crippen LogP contribution in [0.2, 0.25) is 0 Å².